The average molecular weight is 240 g/mol. The summed E-state index contributed by atoms with van der Waals surface area (Å²) in [7, 11) is 0. The molecule has 1 aromatic carbocycles. The van der Waals surface area contributed by atoms with Crippen LogP contribution in [0.3, 0.4) is 0 Å². The third-order valence-corrected chi connectivity index (χ3v) is 3.02. The fraction of sp³-hybridized carbons (Fsp3) is 0.538. The van der Waals surface area contributed by atoms with Crippen LogP contribution in [0.1, 0.15) is 13.8 Å². The highest BCUT2D eigenvalue weighted by molar-refractivity contribution is 7.80. The third kappa shape index (κ3) is 5.42. The van der Waals surface area contributed by atoms with Gasteiger partial charge in [-0.05, 0) is 23.3 Å². The molecule has 0 N–H and O–H groups in total. The Hall–Kier alpha value is -0.670. The van der Waals surface area contributed by atoms with Crippen LogP contribution in [0.25, 0.3) is 0 Å². The summed E-state index contributed by atoms with van der Waals surface area (Å²) < 4.78 is 11.0. The maximum Gasteiger partial charge on any atom is 0.119 e. The number of hydrogen-bond donors (Lipinski definition) is 1. The molecule has 0 radical (unpaired) electrons. The van der Waals surface area contributed by atoms with Gasteiger partial charge < -0.3 is 9.47 Å². The number of benzene rings is 1. The summed E-state index contributed by atoms with van der Waals surface area (Å²) in [4.78, 5) is 0. The molecule has 0 unspecified atom stereocenters. The van der Waals surface area contributed by atoms with Crippen molar-refractivity contribution in [1.82, 2.24) is 0 Å². The molecule has 0 fully saturated rings. The molecule has 0 bridgehead atoms. The van der Waals surface area contributed by atoms with Crippen LogP contribution in [0.4, 0.5) is 0 Å². The van der Waals surface area contributed by atoms with Gasteiger partial charge in [-0.25, -0.2) is 0 Å². The first-order valence-electron chi connectivity index (χ1n) is 5.50. The van der Waals surface area contributed by atoms with Crippen LogP contribution in [0.15, 0.2) is 30.3 Å². The molecule has 0 aromatic heterocycles. The van der Waals surface area contributed by atoms with E-state index in [0.29, 0.717) is 19.8 Å². The lowest BCUT2D eigenvalue weighted by Crippen LogP contribution is -2.22. The Labute approximate surface area is 103 Å². The van der Waals surface area contributed by atoms with E-state index in [0.717, 1.165) is 11.5 Å². The van der Waals surface area contributed by atoms with Gasteiger partial charge in [-0.3, -0.25) is 0 Å². The van der Waals surface area contributed by atoms with Gasteiger partial charge in [0.25, 0.3) is 0 Å². The van der Waals surface area contributed by atoms with E-state index < -0.39 is 0 Å². The summed E-state index contributed by atoms with van der Waals surface area (Å²) in [5, 5.41) is 0. The highest BCUT2D eigenvalue weighted by atomic mass is 32.1. The van der Waals surface area contributed by atoms with Crippen LogP contribution in [-0.2, 0) is 4.74 Å². The van der Waals surface area contributed by atoms with Crippen LogP contribution in [0, 0.1) is 5.41 Å². The second kappa shape index (κ2) is 6.81. The molecule has 0 saturated heterocycles. The van der Waals surface area contributed by atoms with E-state index in [1.807, 2.05) is 30.3 Å². The van der Waals surface area contributed by atoms with Gasteiger partial charge in [0.05, 0.1) is 13.2 Å². The standard InChI is InChI=1S/C13H20O2S/c1-13(2,11-16)10-14-8-9-15-12-6-4-3-5-7-12/h3-7,16H,8-11H2,1-2H3. The molecular weight excluding hydrogens is 220 g/mol. The second-order valence-corrected chi connectivity index (χ2v) is 4.85. The molecule has 0 atom stereocenters. The Bertz CT molecular complexity index is 285. The molecule has 90 valence electrons. The van der Waals surface area contributed by atoms with Crippen LogP contribution in [-0.4, -0.2) is 25.6 Å². The van der Waals surface area contributed by atoms with E-state index in [-0.39, 0.29) is 5.41 Å². The fourth-order valence-corrected chi connectivity index (χ4v) is 1.22. The summed E-state index contributed by atoms with van der Waals surface area (Å²) in [6, 6.07) is 9.77. The molecule has 1 rings (SSSR count). The Morgan fingerprint density at radius 1 is 1.12 bits per heavy atom. The van der Waals surface area contributed by atoms with Gasteiger partial charge in [-0.2, -0.15) is 12.6 Å². The zero-order chi connectivity index (χ0) is 11.9. The topological polar surface area (TPSA) is 18.5 Å². The lowest BCUT2D eigenvalue weighted by Gasteiger charge is -2.21. The van der Waals surface area contributed by atoms with Gasteiger partial charge >= 0.3 is 0 Å². The minimum Gasteiger partial charge on any atom is -0.491 e. The summed E-state index contributed by atoms with van der Waals surface area (Å²) in [6.07, 6.45) is 0. The maximum atomic E-state index is 5.54. The fourth-order valence-electron chi connectivity index (χ4n) is 1.13. The Kier molecular flexibility index (Phi) is 5.71. The summed E-state index contributed by atoms with van der Waals surface area (Å²) in [5.41, 5.74) is 0.135. The van der Waals surface area contributed by atoms with Gasteiger partial charge in [0.2, 0.25) is 0 Å². The molecule has 0 spiro atoms. The van der Waals surface area contributed by atoms with E-state index in [2.05, 4.69) is 26.5 Å². The predicted octanol–water partition coefficient (Wildman–Crippen LogP) is 3.04. The highest BCUT2D eigenvalue weighted by Crippen LogP contribution is 2.16. The maximum absolute atomic E-state index is 5.54. The molecule has 1 aromatic rings. The van der Waals surface area contributed by atoms with Crippen molar-refractivity contribution in [1.29, 1.82) is 0 Å². The van der Waals surface area contributed by atoms with Gasteiger partial charge in [-0.1, -0.05) is 32.0 Å². The molecule has 3 heteroatoms. The SMILES string of the molecule is CC(C)(CS)COCCOc1ccccc1. The van der Waals surface area contributed by atoms with Crippen molar-refractivity contribution in [2.45, 2.75) is 13.8 Å². The zero-order valence-corrected chi connectivity index (χ0v) is 10.9. The molecule has 0 aliphatic heterocycles. The van der Waals surface area contributed by atoms with Crippen molar-refractivity contribution in [3.8, 4) is 5.75 Å². The van der Waals surface area contributed by atoms with Crippen molar-refractivity contribution in [2.75, 3.05) is 25.6 Å². The quantitative estimate of drug-likeness (QED) is 0.583. The second-order valence-electron chi connectivity index (χ2n) is 4.54. The molecule has 0 saturated carbocycles. The summed E-state index contributed by atoms with van der Waals surface area (Å²) >= 11 is 4.27. The Balaban J connectivity index is 2.09. The van der Waals surface area contributed by atoms with E-state index in [9.17, 15) is 0 Å². The monoisotopic (exact) mass is 240 g/mol. The van der Waals surface area contributed by atoms with Crippen molar-refractivity contribution in [2.24, 2.45) is 5.41 Å². The lowest BCUT2D eigenvalue weighted by molar-refractivity contribution is 0.0533. The Morgan fingerprint density at radius 2 is 1.81 bits per heavy atom. The number of para-hydroxylation sites is 1. The molecule has 0 amide bonds. The van der Waals surface area contributed by atoms with Gasteiger partial charge in [0, 0.05) is 0 Å². The number of ether oxygens (including phenoxy) is 2. The third-order valence-electron chi connectivity index (χ3n) is 2.16. The smallest absolute Gasteiger partial charge is 0.119 e. The van der Waals surface area contributed by atoms with E-state index in [4.69, 9.17) is 9.47 Å². The molecule has 16 heavy (non-hydrogen) atoms. The first kappa shape index (κ1) is 13.4. The largest absolute Gasteiger partial charge is 0.491 e. The summed E-state index contributed by atoms with van der Waals surface area (Å²) in [5.74, 6) is 1.71. The highest BCUT2D eigenvalue weighted by Gasteiger charge is 2.15. The van der Waals surface area contributed by atoms with Crippen LogP contribution in [0.5, 0.6) is 5.75 Å². The van der Waals surface area contributed by atoms with Gasteiger partial charge in [0.1, 0.15) is 12.4 Å². The van der Waals surface area contributed by atoms with Gasteiger partial charge in [0.15, 0.2) is 0 Å². The average Bonchev–Trinajstić information content (AvgIpc) is 2.30. The normalized spacial score (nSPS) is 11.4. The number of thiol groups is 1. The molecule has 0 heterocycles. The minimum atomic E-state index is 0.135. The number of hydrogen-bond acceptors (Lipinski definition) is 3. The molecular formula is C13H20O2S. The van der Waals surface area contributed by atoms with Crippen LogP contribution >= 0.6 is 12.6 Å². The van der Waals surface area contributed by atoms with E-state index >= 15 is 0 Å². The van der Waals surface area contributed by atoms with Crippen LogP contribution in [0.2, 0.25) is 0 Å². The summed E-state index contributed by atoms with van der Waals surface area (Å²) in [6.45, 7) is 6.20. The predicted molar refractivity (Wildman–Crippen MR) is 70.4 cm³/mol. The zero-order valence-electron chi connectivity index (χ0n) is 9.98. The minimum absolute atomic E-state index is 0.135. The molecule has 0 aliphatic carbocycles. The van der Waals surface area contributed by atoms with E-state index in [1.54, 1.807) is 0 Å². The molecule has 0 aliphatic rings. The lowest BCUT2D eigenvalue weighted by atomic mass is 9.98. The van der Waals surface area contributed by atoms with Crippen LogP contribution < -0.4 is 4.74 Å². The van der Waals surface area contributed by atoms with E-state index in [1.165, 1.54) is 0 Å². The Morgan fingerprint density at radius 3 is 2.44 bits per heavy atom. The first-order valence-corrected chi connectivity index (χ1v) is 6.14. The van der Waals surface area contributed by atoms with Crippen molar-refractivity contribution < 1.29 is 9.47 Å². The van der Waals surface area contributed by atoms with Gasteiger partial charge in [-0.15, -0.1) is 0 Å². The first-order chi connectivity index (χ1) is 7.64. The molecule has 2 nitrogen and oxygen atoms in total. The number of rotatable bonds is 7. The van der Waals surface area contributed by atoms with Crippen molar-refractivity contribution in [3.05, 3.63) is 30.3 Å². The van der Waals surface area contributed by atoms with Crippen molar-refractivity contribution in [3.63, 3.8) is 0 Å². The van der Waals surface area contributed by atoms with Crippen molar-refractivity contribution >= 4 is 12.6 Å².